The molecule has 1 aromatic rings. The number of carboxylic acid groups (broad SMARTS) is 2. The predicted molar refractivity (Wildman–Crippen MR) is 72.4 cm³/mol. The van der Waals surface area contributed by atoms with Crippen molar-refractivity contribution in [3.63, 3.8) is 0 Å². The van der Waals surface area contributed by atoms with E-state index in [1.165, 1.54) is 4.90 Å². The molecule has 2 N–H and O–H groups in total. The Morgan fingerprint density at radius 2 is 1.80 bits per heavy atom. The molecule has 7 heteroatoms. The predicted octanol–water partition coefficient (Wildman–Crippen LogP) is 1.22. The van der Waals surface area contributed by atoms with Gasteiger partial charge in [0.05, 0.1) is 24.8 Å². The standard InChI is InChI=1S/C13H21N3O4/c1-3-11(4-2)16-6-5-10(14-16)7-15(8-12(17)18)9-13(19)20/h5-6,11H,3-4,7-9H2,1-2H3,(H,17,18)(H,19,20). The number of carboxylic acids is 2. The van der Waals surface area contributed by atoms with Crippen molar-refractivity contribution in [3.05, 3.63) is 18.0 Å². The van der Waals surface area contributed by atoms with Gasteiger partial charge in [-0.1, -0.05) is 13.8 Å². The average molecular weight is 283 g/mol. The zero-order chi connectivity index (χ0) is 15.1. The summed E-state index contributed by atoms with van der Waals surface area (Å²) in [7, 11) is 0. The second-order valence-corrected chi connectivity index (χ2v) is 4.69. The first kappa shape index (κ1) is 16.2. The van der Waals surface area contributed by atoms with Crippen LogP contribution >= 0.6 is 0 Å². The number of hydrogen-bond donors (Lipinski definition) is 2. The number of carbonyl (C=O) groups is 2. The van der Waals surface area contributed by atoms with Crippen LogP contribution in [0.25, 0.3) is 0 Å². The van der Waals surface area contributed by atoms with Gasteiger partial charge in [0.2, 0.25) is 0 Å². The average Bonchev–Trinajstić information content (AvgIpc) is 2.77. The van der Waals surface area contributed by atoms with Crippen LogP contribution in [0.1, 0.15) is 38.4 Å². The lowest BCUT2D eigenvalue weighted by atomic mass is 10.2. The molecule has 1 heterocycles. The summed E-state index contributed by atoms with van der Waals surface area (Å²) < 4.78 is 1.86. The summed E-state index contributed by atoms with van der Waals surface area (Å²) in [6.45, 7) is 3.74. The maximum atomic E-state index is 10.7. The minimum Gasteiger partial charge on any atom is -0.480 e. The van der Waals surface area contributed by atoms with Crippen molar-refractivity contribution in [2.45, 2.75) is 39.3 Å². The third-order valence-electron chi connectivity index (χ3n) is 3.08. The molecule has 0 unspecified atom stereocenters. The van der Waals surface area contributed by atoms with Gasteiger partial charge in [-0.25, -0.2) is 0 Å². The summed E-state index contributed by atoms with van der Waals surface area (Å²) in [5, 5.41) is 22.0. The SMILES string of the molecule is CCC(CC)n1ccc(CN(CC(=O)O)CC(=O)O)n1. The van der Waals surface area contributed by atoms with Crippen LogP contribution in [0.4, 0.5) is 0 Å². The molecule has 1 aromatic heterocycles. The molecule has 0 aromatic carbocycles. The van der Waals surface area contributed by atoms with Crippen molar-refractivity contribution in [1.82, 2.24) is 14.7 Å². The number of nitrogens with zero attached hydrogens (tertiary/aromatic N) is 3. The molecule has 1 rings (SSSR count). The van der Waals surface area contributed by atoms with Gasteiger partial charge in [0, 0.05) is 12.7 Å². The van der Waals surface area contributed by atoms with Gasteiger partial charge in [-0.2, -0.15) is 5.10 Å². The van der Waals surface area contributed by atoms with E-state index in [-0.39, 0.29) is 19.6 Å². The molecule has 0 aliphatic heterocycles. The molecule has 0 saturated heterocycles. The molecule has 112 valence electrons. The first-order valence-electron chi connectivity index (χ1n) is 6.66. The molecule has 0 fully saturated rings. The normalized spacial score (nSPS) is 11.2. The monoisotopic (exact) mass is 283 g/mol. The Labute approximate surface area is 117 Å². The van der Waals surface area contributed by atoms with E-state index in [2.05, 4.69) is 18.9 Å². The van der Waals surface area contributed by atoms with Crippen molar-refractivity contribution >= 4 is 11.9 Å². The highest BCUT2D eigenvalue weighted by molar-refractivity contribution is 5.72. The van der Waals surface area contributed by atoms with E-state index in [1.54, 1.807) is 6.07 Å². The molecule has 0 radical (unpaired) electrons. The molecule has 0 spiro atoms. The van der Waals surface area contributed by atoms with Crippen molar-refractivity contribution < 1.29 is 19.8 Å². The van der Waals surface area contributed by atoms with E-state index in [1.807, 2.05) is 10.9 Å². The fourth-order valence-corrected chi connectivity index (χ4v) is 2.11. The number of aliphatic carboxylic acids is 2. The molecule has 0 atom stereocenters. The highest BCUT2D eigenvalue weighted by Gasteiger charge is 2.16. The first-order valence-corrected chi connectivity index (χ1v) is 6.66. The second kappa shape index (κ2) is 7.64. The molecule has 7 nitrogen and oxygen atoms in total. The number of hydrogen-bond acceptors (Lipinski definition) is 4. The van der Waals surface area contributed by atoms with Crippen LogP contribution < -0.4 is 0 Å². The molecule has 20 heavy (non-hydrogen) atoms. The summed E-state index contributed by atoms with van der Waals surface area (Å²) in [6, 6.07) is 2.12. The van der Waals surface area contributed by atoms with Gasteiger partial charge in [-0.3, -0.25) is 19.2 Å². The van der Waals surface area contributed by atoms with Crippen LogP contribution in [0, 0.1) is 0 Å². The van der Waals surface area contributed by atoms with E-state index in [9.17, 15) is 9.59 Å². The summed E-state index contributed by atoms with van der Waals surface area (Å²) in [4.78, 5) is 22.8. The van der Waals surface area contributed by atoms with Crippen LogP contribution in [0.5, 0.6) is 0 Å². The van der Waals surface area contributed by atoms with Gasteiger partial charge in [0.1, 0.15) is 0 Å². The lowest BCUT2D eigenvalue weighted by Gasteiger charge is -2.16. The van der Waals surface area contributed by atoms with Gasteiger partial charge in [0.15, 0.2) is 0 Å². The van der Waals surface area contributed by atoms with E-state index >= 15 is 0 Å². The van der Waals surface area contributed by atoms with Crippen LogP contribution in [0.2, 0.25) is 0 Å². The van der Waals surface area contributed by atoms with Crippen LogP contribution in [-0.4, -0.2) is 49.9 Å². The van der Waals surface area contributed by atoms with Crippen molar-refractivity contribution in [3.8, 4) is 0 Å². The van der Waals surface area contributed by atoms with Gasteiger partial charge in [-0.05, 0) is 18.9 Å². The molecular formula is C13H21N3O4. The summed E-state index contributed by atoms with van der Waals surface area (Å²) in [6.07, 6.45) is 3.78. The first-order chi connectivity index (χ1) is 9.46. The zero-order valence-electron chi connectivity index (χ0n) is 11.8. The fourth-order valence-electron chi connectivity index (χ4n) is 2.11. The summed E-state index contributed by atoms with van der Waals surface area (Å²) >= 11 is 0. The molecule has 0 aliphatic rings. The van der Waals surface area contributed by atoms with Crippen molar-refractivity contribution in [2.24, 2.45) is 0 Å². The molecule has 0 saturated carbocycles. The minimum absolute atomic E-state index is 0.214. The molecule has 0 bridgehead atoms. The fraction of sp³-hybridized carbons (Fsp3) is 0.615. The minimum atomic E-state index is -1.05. The van der Waals surface area contributed by atoms with Crippen LogP contribution in [-0.2, 0) is 16.1 Å². The van der Waals surface area contributed by atoms with E-state index in [0.717, 1.165) is 12.8 Å². The van der Waals surface area contributed by atoms with Gasteiger partial charge >= 0.3 is 11.9 Å². The Morgan fingerprint density at radius 1 is 1.25 bits per heavy atom. The van der Waals surface area contributed by atoms with Crippen LogP contribution in [0.15, 0.2) is 12.3 Å². The number of aromatic nitrogens is 2. The highest BCUT2D eigenvalue weighted by atomic mass is 16.4. The Kier molecular flexibility index (Phi) is 6.17. The molecular weight excluding hydrogens is 262 g/mol. The topological polar surface area (TPSA) is 95.7 Å². The zero-order valence-corrected chi connectivity index (χ0v) is 11.8. The van der Waals surface area contributed by atoms with E-state index in [0.29, 0.717) is 11.7 Å². The van der Waals surface area contributed by atoms with Crippen molar-refractivity contribution in [2.75, 3.05) is 13.1 Å². The van der Waals surface area contributed by atoms with E-state index in [4.69, 9.17) is 10.2 Å². The second-order valence-electron chi connectivity index (χ2n) is 4.69. The van der Waals surface area contributed by atoms with Crippen LogP contribution in [0.3, 0.4) is 0 Å². The Hall–Kier alpha value is -1.89. The largest absolute Gasteiger partial charge is 0.480 e. The Balaban J connectivity index is 2.73. The molecule has 0 aliphatic carbocycles. The van der Waals surface area contributed by atoms with Gasteiger partial charge in [0.25, 0.3) is 0 Å². The summed E-state index contributed by atoms with van der Waals surface area (Å²) in [5.74, 6) is -2.10. The highest BCUT2D eigenvalue weighted by Crippen LogP contribution is 2.15. The third kappa shape index (κ3) is 5.00. The Bertz CT molecular complexity index is 438. The number of rotatable bonds is 9. The van der Waals surface area contributed by atoms with E-state index < -0.39 is 11.9 Å². The lowest BCUT2D eigenvalue weighted by Crippen LogP contribution is -2.34. The maximum Gasteiger partial charge on any atom is 0.317 e. The third-order valence-corrected chi connectivity index (χ3v) is 3.08. The van der Waals surface area contributed by atoms with Crippen molar-refractivity contribution in [1.29, 1.82) is 0 Å². The van der Waals surface area contributed by atoms with Gasteiger partial charge in [-0.15, -0.1) is 0 Å². The Morgan fingerprint density at radius 3 is 2.25 bits per heavy atom. The molecule has 0 amide bonds. The lowest BCUT2D eigenvalue weighted by molar-refractivity contribution is -0.142. The maximum absolute atomic E-state index is 10.7. The van der Waals surface area contributed by atoms with Gasteiger partial charge < -0.3 is 10.2 Å². The quantitative estimate of drug-likeness (QED) is 0.707. The smallest absolute Gasteiger partial charge is 0.317 e. The summed E-state index contributed by atoms with van der Waals surface area (Å²) in [5.41, 5.74) is 0.680.